The molecule has 0 aliphatic rings. The summed E-state index contributed by atoms with van der Waals surface area (Å²) in [4.78, 5) is 6.53. The first-order valence-corrected chi connectivity index (χ1v) is 6.56. The molecule has 0 radical (unpaired) electrons. The van der Waals surface area contributed by atoms with Gasteiger partial charge in [0, 0.05) is 18.4 Å². The zero-order chi connectivity index (χ0) is 13.7. The highest BCUT2D eigenvalue weighted by atomic mass is 15.0. The van der Waals surface area contributed by atoms with Gasteiger partial charge in [0.2, 0.25) is 0 Å². The summed E-state index contributed by atoms with van der Waals surface area (Å²) in [5.74, 6) is 0. The van der Waals surface area contributed by atoms with Crippen molar-refractivity contribution in [1.29, 1.82) is 0 Å². The Balaban J connectivity index is 1.99. The highest BCUT2D eigenvalue weighted by molar-refractivity contribution is 5.46. The molecule has 0 aliphatic heterocycles. The molecule has 2 aromatic rings. The molecule has 0 spiro atoms. The molecule has 1 heterocycles. The lowest BCUT2D eigenvalue weighted by molar-refractivity contribution is 0.402. The maximum Gasteiger partial charge on any atom is 0.0657 e. The van der Waals surface area contributed by atoms with Crippen molar-refractivity contribution >= 4 is 5.69 Å². The average Bonchev–Trinajstić information content (AvgIpc) is 2.41. The summed E-state index contributed by atoms with van der Waals surface area (Å²) in [5.41, 5.74) is 3.50. The fourth-order valence-corrected chi connectivity index (χ4v) is 2.03. The van der Waals surface area contributed by atoms with Crippen LogP contribution in [0.3, 0.4) is 0 Å². The molecular weight excluding hydrogens is 234 g/mol. The van der Waals surface area contributed by atoms with Crippen molar-refractivity contribution in [2.75, 3.05) is 19.4 Å². The third-order valence-electron chi connectivity index (χ3n) is 2.97. The van der Waals surface area contributed by atoms with Crippen LogP contribution in [0.15, 0.2) is 48.7 Å². The van der Waals surface area contributed by atoms with Crippen molar-refractivity contribution in [3.05, 3.63) is 59.9 Å². The molecule has 0 fully saturated rings. The van der Waals surface area contributed by atoms with Crippen LogP contribution in [-0.2, 0) is 6.54 Å². The molecule has 0 saturated carbocycles. The van der Waals surface area contributed by atoms with Gasteiger partial charge in [-0.2, -0.15) is 0 Å². The van der Waals surface area contributed by atoms with Gasteiger partial charge >= 0.3 is 0 Å². The van der Waals surface area contributed by atoms with Crippen LogP contribution in [0.2, 0.25) is 0 Å². The monoisotopic (exact) mass is 255 g/mol. The van der Waals surface area contributed by atoms with Crippen LogP contribution in [0.4, 0.5) is 5.69 Å². The summed E-state index contributed by atoms with van der Waals surface area (Å²) < 4.78 is 0. The van der Waals surface area contributed by atoms with Crippen molar-refractivity contribution in [3.8, 4) is 0 Å². The second-order valence-electron chi connectivity index (χ2n) is 5.06. The Bertz CT molecular complexity index is 491. The van der Waals surface area contributed by atoms with E-state index in [1.54, 1.807) is 0 Å². The van der Waals surface area contributed by atoms with Crippen LogP contribution >= 0.6 is 0 Å². The Hall–Kier alpha value is -1.87. The molecule has 1 aromatic carbocycles. The standard InChI is InChI=1S/C16H21N3/c1-13(16-6-4-5-11-17-16)18-15-9-7-14(8-10-15)12-19(2)3/h4-11,13,18H,12H2,1-3H3. The third kappa shape index (κ3) is 4.07. The van der Waals surface area contributed by atoms with Gasteiger partial charge in [-0.15, -0.1) is 0 Å². The van der Waals surface area contributed by atoms with Gasteiger partial charge in [-0.05, 0) is 50.8 Å². The Morgan fingerprint density at radius 2 is 1.84 bits per heavy atom. The van der Waals surface area contributed by atoms with Crippen molar-refractivity contribution in [2.45, 2.75) is 19.5 Å². The van der Waals surface area contributed by atoms with Gasteiger partial charge in [0.15, 0.2) is 0 Å². The molecule has 1 N–H and O–H groups in total. The SMILES string of the molecule is CC(Nc1ccc(CN(C)C)cc1)c1ccccn1. The molecule has 2 rings (SSSR count). The summed E-state index contributed by atoms with van der Waals surface area (Å²) >= 11 is 0. The highest BCUT2D eigenvalue weighted by Gasteiger charge is 2.05. The van der Waals surface area contributed by atoms with E-state index in [0.29, 0.717) is 0 Å². The predicted octanol–water partition coefficient (Wildman–Crippen LogP) is 3.32. The average molecular weight is 255 g/mol. The topological polar surface area (TPSA) is 28.2 Å². The van der Waals surface area contributed by atoms with E-state index < -0.39 is 0 Å². The van der Waals surface area contributed by atoms with Gasteiger partial charge in [-0.25, -0.2) is 0 Å². The molecule has 1 aromatic heterocycles. The number of hydrogen-bond donors (Lipinski definition) is 1. The van der Waals surface area contributed by atoms with Crippen LogP contribution in [0, 0.1) is 0 Å². The Labute approximate surface area is 115 Å². The van der Waals surface area contributed by atoms with E-state index in [0.717, 1.165) is 17.9 Å². The van der Waals surface area contributed by atoms with E-state index >= 15 is 0 Å². The van der Waals surface area contributed by atoms with Gasteiger partial charge < -0.3 is 10.2 Å². The summed E-state index contributed by atoms with van der Waals surface area (Å²) in [7, 11) is 4.16. The van der Waals surface area contributed by atoms with Crippen LogP contribution in [0.25, 0.3) is 0 Å². The van der Waals surface area contributed by atoms with Crippen molar-refractivity contribution in [3.63, 3.8) is 0 Å². The second-order valence-corrected chi connectivity index (χ2v) is 5.06. The van der Waals surface area contributed by atoms with E-state index in [4.69, 9.17) is 0 Å². The second kappa shape index (κ2) is 6.34. The molecule has 1 atom stereocenters. The smallest absolute Gasteiger partial charge is 0.0657 e. The molecular formula is C16H21N3. The van der Waals surface area contributed by atoms with E-state index in [9.17, 15) is 0 Å². The number of hydrogen-bond acceptors (Lipinski definition) is 3. The largest absolute Gasteiger partial charge is 0.377 e. The van der Waals surface area contributed by atoms with E-state index in [-0.39, 0.29) is 6.04 Å². The normalized spacial score (nSPS) is 12.4. The number of nitrogens with zero attached hydrogens (tertiary/aromatic N) is 2. The van der Waals surface area contributed by atoms with Crippen LogP contribution in [-0.4, -0.2) is 24.0 Å². The summed E-state index contributed by atoms with van der Waals surface area (Å²) in [6.45, 7) is 3.09. The Morgan fingerprint density at radius 1 is 1.11 bits per heavy atom. The minimum atomic E-state index is 0.209. The molecule has 0 bridgehead atoms. The molecule has 0 saturated heterocycles. The number of pyridine rings is 1. The van der Waals surface area contributed by atoms with Crippen molar-refractivity contribution in [2.24, 2.45) is 0 Å². The van der Waals surface area contributed by atoms with Crippen molar-refractivity contribution in [1.82, 2.24) is 9.88 Å². The first-order chi connectivity index (χ1) is 9.15. The maximum atomic E-state index is 4.36. The lowest BCUT2D eigenvalue weighted by Gasteiger charge is -2.15. The zero-order valence-electron chi connectivity index (χ0n) is 11.8. The van der Waals surface area contributed by atoms with E-state index in [1.807, 2.05) is 24.4 Å². The van der Waals surface area contributed by atoms with E-state index in [1.165, 1.54) is 5.56 Å². The van der Waals surface area contributed by atoms with Gasteiger partial charge in [-0.3, -0.25) is 4.98 Å². The fourth-order valence-electron chi connectivity index (χ4n) is 2.03. The minimum Gasteiger partial charge on any atom is -0.377 e. The maximum absolute atomic E-state index is 4.36. The number of nitrogens with one attached hydrogen (secondary N) is 1. The van der Waals surface area contributed by atoms with Gasteiger partial charge in [0.05, 0.1) is 11.7 Å². The minimum absolute atomic E-state index is 0.209. The number of benzene rings is 1. The van der Waals surface area contributed by atoms with Gasteiger partial charge in [0.1, 0.15) is 0 Å². The lowest BCUT2D eigenvalue weighted by atomic mass is 10.1. The summed E-state index contributed by atoms with van der Waals surface area (Å²) in [6, 6.07) is 14.8. The third-order valence-corrected chi connectivity index (χ3v) is 2.97. The van der Waals surface area contributed by atoms with Crippen LogP contribution in [0.5, 0.6) is 0 Å². The lowest BCUT2D eigenvalue weighted by Crippen LogP contribution is -2.11. The van der Waals surface area contributed by atoms with Crippen molar-refractivity contribution < 1.29 is 0 Å². The predicted molar refractivity (Wildman–Crippen MR) is 80.1 cm³/mol. The molecule has 3 nitrogen and oxygen atoms in total. The fraction of sp³-hybridized carbons (Fsp3) is 0.312. The summed E-state index contributed by atoms with van der Waals surface area (Å²) in [5, 5.41) is 3.46. The highest BCUT2D eigenvalue weighted by Crippen LogP contribution is 2.18. The van der Waals surface area contributed by atoms with Gasteiger partial charge in [0.25, 0.3) is 0 Å². The molecule has 3 heteroatoms. The van der Waals surface area contributed by atoms with Crippen LogP contribution in [0.1, 0.15) is 24.2 Å². The molecule has 19 heavy (non-hydrogen) atoms. The quantitative estimate of drug-likeness (QED) is 0.888. The first kappa shape index (κ1) is 13.6. The zero-order valence-corrected chi connectivity index (χ0v) is 11.8. The Morgan fingerprint density at radius 3 is 2.42 bits per heavy atom. The molecule has 1 unspecified atom stereocenters. The number of rotatable bonds is 5. The molecule has 0 aliphatic carbocycles. The van der Waals surface area contributed by atoms with E-state index in [2.05, 4.69) is 60.5 Å². The first-order valence-electron chi connectivity index (χ1n) is 6.56. The molecule has 0 amide bonds. The number of anilines is 1. The summed E-state index contributed by atoms with van der Waals surface area (Å²) in [6.07, 6.45) is 1.83. The molecule has 100 valence electrons. The number of aromatic nitrogens is 1. The Kier molecular flexibility index (Phi) is 4.53. The van der Waals surface area contributed by atoms with Gasteiger partial charge in [-0.1, -0.05) is 18.2 Å². The van der Waals surface area contributed by atoms with Crippen LogP contribution < -0.4 is 5.32 Å².